The van der Waals surface area contributed by atoms with E-state index in [1.54, 1.807) is 12.1 Å². The fourth-order valence-electron chi connectivity index (χ4n) is 2.55. The summed E-state index contributed by atoms with van der Waals surface area (Å²) in [5.74, 6) is -0.107. The van der Waals surface area contributed by atoms with Crippen molar-refractivity contribution < 1.29 is 9.13 Å². The number of fused-ring (bicyclic) bond motifs is 1. The molecule has 3 rings (SSSR count). The SMILES string of the molecule is COc1ccc(Nc2ccc3c(c2)CN(C)C3)cc1F. The van der Waals surface area contributed by atoms with Gasteiger partial charge in [-0.05, 0) is 42.4 Å². The predicted octanol–water partition coefficient (Wildman–Crippen LogP) is 3.52. The molecule has 1 heterocycles. The second-order valence-corrected chi connectivity index (χ2v) is 5.13. The molecule has 0 amide bonds. The lowest BCUT2D eigenvalue weighted by molar-refractivity contribution is 0.353. The summed E-state index contributed by atoms with van der Waals surface area (Å²) in [7, 11) is 3.56. The Morgan fingerprint density at radius 2 is 1.75 bits per heavy atom. The van der Waals surface area contributed by atoms with Crippen molar-refractivity contribution in [2.75, 3.05) is 19.5 Å². The van der Waals surface area contributed by atoms with E-state index in [2.05, 4.69) is 29.4 Å². The van der Waals surface area contributed by atoms with Crippen molar-refractivity contribution in [1.82, 2.24) is 4.90 Å². The fraction of sp³-hybridized carbons (Fsp3) is 0.250. The van der Waals surface area contributed by atoms with Crippen molar-refractivity contribution in [2.24, 2.45) is 0 Å². The molecule has 0 spiro atoms. The lowest BCUT2D eigenvalue weighted by Gasteiger charge is -2.09. The van der Waals surface area contributed by atoms with Gasteiger partial charge in [-0.3, -0.25) is 4.90 Å². The number of rotatable bonds is 3. The van der Waals surface area contributed by atoms with Crippen molar-refractivity contribution in [1.29, 1.82) is 0 Å². The van der Waals surface area contributed by atoms with Gasteiger partial charge in [0.05, 0.1) is 7.11 Å². The molecule has 0 aromatic heterocycles. The third kappa shape index (κ3) is 2.47. The Morgan fingerprint density at radius 3 is 2.50 bits per heavy atom. The summed E-state index contributed by atoms with van der Waals surface area (Å²) in [6.07, 6.45) is 0. The van der Waals surface area contributed by atoms with Crippen LogP contribution in [0.4, 0.5) is 15.8 Å². The van der Waals surface area contributed by atoms with Gasteiger partial charge in [0, 0.05) is 30.5 Å². The van der Waals surface area contributed by atoms with E-state index in [4.69, 9.17) is 4.74 Å². The summed E-state index contributed by atoms with van der Waals surface area (Å²) in [6, 6.07) is 11.2. The van der Waals surface area contributed by atoms with Gasteiger partial charge < -0.3 is 10.1 Å². The van der Waals surface area contributed by atoms with E-state index in [0.29, 0.717) is 0 Å². The number of benzene rings is 2. The standard InChI is InChI=1S/C16H17FN2O/c1-19-9-11-3-4-13(7-12(11)10-19)18-14-5-6-16(20-2)15(17)8-14/h3-8,18H,9-10H2,1-2H3. The van der Waals surface area contributed by atoms with Crippen LogP contribution in [0.1, 0.15) is 11.1 Å². The molecule has 0 radical (unpaired) electrons. The average Bonchev–Trinajstić information content (AvgIpc) is 2.78. The zero-order valence-corrected chi connectivity index (χ0v) is 11.6. The predicted molar refractivity (Wildman–Crippen MR) is 77.8 cm³/mol. The highest BCUT2D eigenvalue weighted by Crippen LogP contribution is 2.27. The summed E-state index contributed by atoms with van der Waals surface area (Å²) in [5, 5.41) is 3.23. The van der Waals surface area contributed by atoms with Crippen LogP contribution < -0.4 is 10.1 Å². The van der Waals surface area contributed by atoms with Gasteiger partial charge in [-0.25, -0.2) is 4.39 Å². The minimum absolute atomic E-state index is 0.256. The first kappa shape index (κ1) is 12.9. The van der Waals surface area contributed by atoms with Gasteiger partial charge in [0.15, 0.2) is 11.6 Å². The van der Waals surface area contributed by atoms with Gasteiger partial charge in [0.25, 0.3) is 0 Å². The van der Waals surface area contributed by atoms with Crippen molar-refractivity contribution in [3.63, 3.8) is 0 Å². The van der Waals surface area contributed by atoms with E-state index >= 15 is 0 Å². The number of methoxy groups -OCH3 is 1. The Kier molecular flexibility index (Phi) is 3.32. The molecule has 104 valence electrons. The summed E-state index contributed by atoms with van der Waals surface area (Å²) >= 11 is 0. The molecule has 1 aliphatic rings. The Bertz CT molecular complexity index is 642. The van der Waals surface area contributed by atoms with Gasteiger partial charge in [0.1, 0.15) is 0 Å². The van der Waals surface area contributed by atoms with Crippen LogP contribution in [0, 0.1) is 5.82 Å². The smallest absolute Gasteiger partial charge is 0.167 e. The fourth-order valence-corrected chi connectivity index (χ4v) is 2.55. The first-order valence-electron chi connectivity index (χ1n) is 6.56. The zero-order valence-electron chi connectivity index (χ0n) is 11.6. The van der Waals surface area contributed by atoms with E-state index in [-0.39, 0.29) is 11.6 Å². The van der Waals surface area contributed by atoms with Gasteiger partial charge in [-0.2, -0.15) is 0 Å². The first-order chi connectivity index (χ1) is 9.65. The lowest BCUT2D eigenvalue weighted by atomic mass is 10.1. The second-order valence-electron chi connectivity index (χ2n) is 5.13. The normalized spacial score (nSPS) is 14.2. The zero-order chi connectivity index (χ0) is 14.1. The molecule has 0 bridgehead atoms. The minimum atomic E-state index is -0.363. The maximum absolute atomic E-state index is 13.7. The van der Waals surface area contributed by atoms with Crippen LogP contribution in [0.2, 0.25) is 0 Å². The Balaban J connectivity index is 1.82. The van der Waals surface area contributed by atoms with Gasteiger partial charge in [0.2, 0.25) is 0 Å². The summed E-state index contributed by atoms with van der Waals surface area (Å²) in [6.45, 7) is 1.95. The maximum atomic E-state index is 13.7. The molecule has 0 fully saturated rings. The molecule has 1 N–H and O–H groups in total. The van der Waals surface area contributed by atoms with E-state index in [9.17, 15) is 4.39 Å². The second kappa shape index (κ2) is 5.13. The van der Waals surface area contributed by atoms with Gasteiger partial charge in [-0.15, -0.1) is 0 Å². The van der Waals surface area contributed by atoms with Crippen LogP contribution in [0.5, 0.6) is 5.75 Å². The highest BCUT2D eigenvalue weighted by molar-refractivity contribution is 5.62. The Labute approximate surface area is 118 Å². The number of nitrogens with one attached hydrogen (secondary N) is 1. The van der Waals surface area contributed by atoms with Crippen molar-refractivity contribution in [2.45, 2.75) is 13.1 Å². The number of hydrogen-bond donors (Lipinski definition) is 1. The summed E-state index contributed by atoms with van der Waals surface area (Å²) in [5.41, 5.74) is 4.38. The molecule has 2 aromatic carbocycles. The van der Waals surface area contributed by atoms with Crippen molar-refractivity contribution >= 4 is 11.4 Å². The third-order valence-electron chi connectivity index (χ3n) is 3.53. The molecule has 0 saturated heterocycles. The Hall–Kier alpha value is -2.07. The van der Waals surface area contributed by atoms with E-state index in [1.165, 1.54) is 24.3 Å². The lowest BCUT2D eigenvalue weighted by Crippen LogP contribution is -2.07. The van der Waals surface area contributed by atoms with Gasteiger partial charge >= 0.3 is 0 Å². The van der Waals surface area contributed by atoms with Crippen LogP contribution in [0.3, 0.4) is 0 Å². The van der Waals surface area contributed by atoms with Crippen LogP contribution in [-0.4, -0.2) is 19.1 Å². The van der Waals surface area contributed by atoms with Crippen LogP contribution in [-0.2, 0) is 13.1 Å². The maximum Gasteiger partial charge on any atom is 0.167 e. The largest absolute Gasteiger partial charge is 0.494 e. The molecule has 0 aliphatic carbocycles. The van der Waals surface area contributed by atoms with E-state index < -0.39 is 0 Å². The monoisotopic (exact) mass is 272 g/mol. The number of hydrogen-bond acceptors (Lipinski definition) is 3. The molecule has 2 aromatic rings. The van der Waals surface area contributed by atoms with E-state index in [1.807, 2.05) is 6.07 Å². The van der Waals surface area contributed by atoms with Gasteiger partial charge in [-0.1, -0.05) is 6.07 Å². The van der Waals surface area contributed by atoms with Crippen molar-refractivity contribution in [3.8, 4) is 5.75 Å². The molecule has 20 heavy (non-hydrogen) atoms. The minimum Gasteiger partial charge on any atom is -0.494 e. The van der Waals surface area contributed by atoms with Crippen LogP contribution in [0.25, 0.3) is 0 Å². The number of nitrogens with zero attached hydrogens (tertiary/aromatic N) is 1. The van der Waals surface area contributed by atoms with E-state index in [0.717, 1.165) is 24.5 Å². The highest BCUT2D eigenvalue weighted by Gasteiger charge is 2.15. The topological polar surface area (TPSA) is 24.5 Å². The molecule has 0 atom stereocenters. The molecule has 1 aliphatic heterocycles. The Morgan fingerprint density at radius 1 is 1.05 bits per heavy atom. The molecule has 0 unspecified atom stereocenters. The average molecular weight is 272 g/mol. The highest BCUT2D eigenvalue weighted by atomic mass is 19.1. The van der Waals surface area contributed by atoms with Crippen molar-refractivity contribution in [3.05, 3.63) is 53.3 Å². The molecular formula is C16H17FN2O. The van der Waals surface area contributed by atoms with Crippen LogP contribution in [0.15, 0.2) is 36.4 Å². The number of ether oxygens (including phenoxy) is 1. The third-order valence-corrected chi connectivity index (χ3v) is 3.53. The summed E-state index contributed by atoms with van der Waals surface area (Å²) in [4.78, 5) is 2.27. The quantitative estimate of drug-likeness (QED) is 0.925. The molecule has 4 heteroatoms. The molecule has 3 nitrogen and oxygen atoms in total. The number of anilines is 2. The number of halogens is 1. The molecular weight excluding hydrogens is 255 g/mol. The summed E-state index contributed by atoms with van der Waals surface area (Å²) < 4.78 is 18.6. The van der Waals surface area contributed by atoms with Crippen LogP contribution >= 0.6 is 0 Å². The molecule has 0 saturated carbocycles. The first-order valence-corrected chi connectivity index (χ1v) is 6.56.